The maximum atomic E-state index is 12.8. The Kier molecular flexibility index (Phi) is 2.03. The van der Waals surface area contributed by atoms with Crippen LogP contribution in [0.5, 0.6) is 0 Å². The first kappa shape index (κ1) is 11.9. The summed E-state index contributed by atoms with van der Waals surface area (Å²) in [5, 5.41) is 10.1. The van der Waals surface area contributed by atoms with Gasteiger partial charge in [-0.05, 0) is 42.6 Å². The third-order valence-electron chi connectivity index (χ3n) is 5.92. The summed E-state index contributed by atoms with van der Waals surface area (Å²) in [5.41, 5.74) is -0.550. The Bertz CT molecular complexity index is 500. The van der Waals surface area contributed by atoms with E-state index in [1.54, 1.807) is 6.92 Å². The molecule has 18 heavy (non-hydrogen) atoms. The van der Waals surface area contributed by atoms with Crippen molar-refractivity contribution < 1.29 is 14.7 Å². The van der Waals surface area contributed by atoms with Gasteiger partial charge in [0.2, 0.25) is 5.78 Å². The maximum Gasteiger partial charge on any atom is 0.211 e. The molecule has 3 heteroatoms. The van der Waals surface area contributed by atoms with Crippen molar-refractivity contribution in [1.29, 1.82) is 0 Å². The van der Waals surface area contributed by atoms with Gasteiger partial charge in [0.1, 0.15) is 5.41 Å². The first-order valence-corrected chi connectivity index (χ1v) is 6.76. The van der Waals surface area contributed by atoms with Gasteiger partial charge in [-0.2, -0.15) is 0 Å². The number of ketones is 2. The van der Waals surface area contributed by atoms with E-state index < -0.39 is 5.41 Å². The molecule has 2 fully saturated rings. The zero-order chi connectivity index (χ0) is 13.5. The summed E-state index contributed by atoms with van der Waals surface area (Å²) < 4.78 is 0. The predicted octanol–water partition coefficient (Wildman–Crippen LogP) is 2.66. The van der Waals surface area contributed by atoms with E-state index in [4.69, 9.17) is 0 Å². The van der Waals surface area contributed by atoms with Gasteiger partial charge < -0.3 is 5.11 Å². The fourth-order valence-corrected chi connectivity index (χ4v) is 5.13. The van der Waals surface area contributed by atoms with Crippen molar-refractivity contribution in [3.8, 4) is 0 Å². The van der Waals surface area contributed by atoms with Gasteiger partial charge in [0.05, 0.1) is 0 Å². The van der Waals surface area contributed by atoms with Crippen LogP contribution in [-0.4, -0.2) is 16.7 Å². The van der Waals surface area contributed by atoms with Gasteiger partial charge in [-0.3, -0.25) is 9.59 Å². The molecule has 1 spiro atoms. The quantitative estimate of drug-likeness (QED) is 0.670. The highest BCUT2D eigenvalue weighted by molar-refractivity contribution is 6.20. The topological polar surface area (TPSA) is 54.4 Å². The van der Waals surface area contributed by atoms with Gasteiger partial charge in [-0.25, -0.2) is 0 Å². The second kappa shape index (κ2) is 3.06. The summed E-state index contributed by atoms with van der Waals surface area (Å²) in [6.07, 6.45) is 1.83. The highest BCUT2D eigenvalue weighted by atomic mass is 16.3. The molecule has 0 aliphatic heterocycles. The summed E-state index contributed by atoms with van der Waals surface area (Å²) in [7, 11) is 0. The minimum absolute atomic E-state index is 0.0574. The molecule has 4 atom stereocenters. The second-order valence-corrected chi connectivity index (χ2v) is 6.88. The molecule has 0 saturated heterocycles. The lowest BCUT2D eigenvalue weighted by Gasteiger charge is -2.33. The molecule has 1 N–H and O–H groups in total. The van der Waals surface area contributed by atoms with Crippen molar-refractivity contribution in [2.45, 2.75) is 40.5 Å². The lowest BCUT2D eigenvalue weighted by atomic mass is 9.66. The average molecular weight is 248 g/mol. The van der Waals surface area contributed by atoms with Crippen molar-refractivity contribution in [1.82, 2.24) is 0 Å². The molecule has 2 saturated carbocycles. The van der Waals surface area contributed by atoms with Gasteiger partial charge in [0.15, 0.2) is 11.5 Å². The van der Waals surface area contributed by atoms with E-state index in [1.165, 1.54) is 0 Å². The zero-order valence-corrected chi connectivity index (χ0v) is 11.4. The van der Waals surface area contributed by atoms with Crippen molar-refractivity contribution in [3.63, 3.8) is 0 Å². The van der Waals surface area contributed by atoms with Gasteiger partial charge in [0, 0.05) is 5.92 Å². The number of hydrogen-bond donors (Lipinski definition) is 1. The van der Waals surface area contributed by atoms with Crippen LogP contribution < -0.4 is 0 Å². The first-order valence-electron chi connectivity index (χ1n) is 6.76. The van der Waals surface area contributed by atoms with Crippen LogP contribution in [0.15, 0.2) is 11.3 Å². The lowest BCUT2D eigenvalue weighted by molar-refractivity contribution is -0.144. The molecule has 3 rings (SSSR count). The van der Waals surface area contributed by atoms with E-state index in [0.717, 1.165) is 12.8 Å². The van der Waals surface area contributed by atoms with Crippen LogP contribution in [0.3, 0.4) is 0 Å². The molecule has 0 aromatic carbocycles. The molecule has 0 radical (unpaired) electrons. The summed E-state index contributed by atoms with van der Waals surface area (Å²) in [6.45, 7) is 7.88. The first-order chi connectivity index (χ1) is 8.27. The Hall–Kier alpha value is -1.12. The summed E-state index contributed by atoms with van der Waals surface area (Å²) in [6, 6.07) is 0. The molecule has 3 aliphatic carbocycles. The highest BCUT2D eigenvalue weighted by Crippen LogP contribution is 2.68. The van der Waals surface area contributed by atoms with Crippen molar-refractivity contribution in [3.05, 3.63) is 11.3 Å². The Morgan fingerprint density at radius 3 is 2.44 bits per heavy atom. The monoisotopic (exact) mass is 248 g/mol. The van der Waals surface area contributed by atoms with E-state index >= 15 is 0 Å². The minimum atomic E-state index is -0.919. The zero-order valence-electron chi connectivity index (χ0n) is 11.4. The fourth-order valence-electron chi connectivity index (χ4n) is 5.13. The number of aliphatic hydroxyl groups is 1. The van der Waals surface area contributed by atoms with E-state index in [0.29, 0.717) is 5.57 Å². The number of Topliss-reactive ketones (excluding diaryl/α,β-unsaturated/α-hetero) is 2. The average Bonchev–Trinajstić information content (AvgIpc) is 2.70. The molecule has 0 aromatic heterocycles. The minimum Gasteiger partial charge on any atom is -0.504 e. The molecule has 0 unspecified atom stereocenters. The standard InChI is InChI=1S/C15H20O3/c1-7-5-6-9-14(3,4)10-8(2)11(16)13(18)15(7,9)12(10)17/h7,9-10,16H,5-6H2,1-4H3/t7-,9+,10-,15-/m1/s1. The van der Waals surface area contributed by atoms with Crippen LogP contribution in [0.25, 0.3) is 0 Å². The third kappa shape index (κ3) is 0.918. The number of carbonyl (C=O) groups is 2. The van der Waals surface area contributed by atoms with E-state index in [2.05, 4.69) is 13.8 Å². The molecular weight excluding hydrogens is 228 g/mol. The summed E-state index contributed by atoms with van der Waals surface area (Å²) in [4.78, 5) is 25.4. The highest BCUT2D eigenvalue weighted by Gasteiger charge is 2.74. The number of carbonyl (C=O) groups excluding carboxylic acids is 2. The van der Waals surface area contributed by atoms with Crippen molar-refractivity contribution in [2.24, 2.45) is 28.6 Å². The largest absolute Gasteiger partial charge is 0.504 e. The van der Waals surface area contributed by atoms with Crippen LogP contribution >= 0.6 is 0 Å². The molecule has 0 aromatic rings. The van der Waals surface area contributed by atoms with Gasteiger partial charge >= 0.3 is 0 Å². The molecule has 3 aliphatic rings. The summed E-state index contributed by atoms with van der Waals surface area (Å²) in [5.74, 6) is -0.497. The normalized spacial score (nSPS) is 45.7. The fraction of sp³-hybridized carbons (Fsp3) is 0.733. The second-order valence-electron chi connectivity index (χ2n) is 6.88. The maximum absolute atomic E-state index is 12.8. The van der Waals surface area contributed by atoms with Crippen LogP contribution in [-0.2, 0) is 9.59 Å². The lowest BCUT2D eigenvalue weighted by Crippen LogP contribution is -2.47. The number of aliphatic hydroxyl groups excluding tert-OH is 1. The van der Waals surface area contributed by atoms with E-state index in [-0.39, 0.29) is 40.5 Å². The molecule has 3 nitrogen and oxygen atoms in total. The molecule has 2 bridgehead atoms. The van der Waals surface area contributed by atoms with Gasteiger partial charge in [0.25, 0.3) is 0 Å². The Morgan fingerprint density at radius 1 is 1.22 bits per heavy atom. The van der Waals surface area contributed by atoms with Crippen LogP contribution in [0.4, 0.5) is 0 Å². The van der Waals surface area contributed by atoms with Crippen LogP contribution in [0.1, 0.15) is 40.5 Å². The van der Waals surface area contributed by atoms with Crippen molar-refractivity contribution >= 4 is 11.6 Å². The molecule has 0 amide bonds. The number of allylic oxidation sites excluding steroid dienone is 2. The Labute approximate surface area is 107 Å². The van der Waals surface area contributed by atoms with Gasteiger partial charge in [-0.15, -0.1) is 0 Å². The SMILES string of the molecule is CC1=C(O)C(=O)[C@@]23C(=O)[C@@H]1C(C)(C)[C@@H]2CC[C@H]3C. The predicted molar refractivity (Wildman–Crippen MR) is 66.9 cm³/mol. The smallest absolute Gasteiger partial charge is 0.211 e. The van der Waals surface area contributed by atoms with E-state index in [1.807, 2.05) is 6.92 Å². The molecular formula is C15H20O3. The summed E-state index contributed by atoms with van der Waals surface area (Å²) >= 11 is 0. The van der Waals surface area contributed by atoms with Gasteiger partial charge in [-0.1, -0.05) is 20.8 Å². The number of rotatable bonds is 0. The Morgan fingerprint density at radius 2 is 1.83 bits per heavy atom. The van der Waals surface area contributed by atoms with Crippen LogP contribution in [0, 0.1) is 28.6 Å². The van der Waals surface area contributed by atoms with E-state index in [9.17, 15) is 14.7 Å². The molecule has 0 heterocycles. The third-order valence-corrected chi connectivity index (χ3v) is 5.92. The molecule has 98 valence electrons. The van der Waals surface area contributed by atoms with Crippen molar-refractivity contribution in [2.75, 3.05) is 0 Å². The van der Waals surface area contributed by atoms with Crippen LogP contribution in [0.2, 0.25) is 0 Å². The number of hydrogen-bond acceptors (Lipinski definition) is 3. The Balaban J connectivity index is 2.34. The number of fused-ring (bicyclic) bond motifs is 1.